The van der Waals surface area contributed by atoms with Crippen LogP contribution in [0.3, 0.4) is 0 Å². The molecule has 0 aliphatic carbocycles. The van der Waals surface area contributed by atoms with Gasteiger partial charge in [-0.2, -0.15) is 0 Å². The lowest BCUT2D eigenvalue weighted by molar-refractivity contribution is -0.147. The lowest BCUT2D eigenvalue weighted by atomic mass is 9.94. The largest absolute Gasteiger partial charge is 0.461 e. The van der Waals surface area contributed by atoms with Crippen molar-refractivity contribution in [3.63, 3.8) is 0 Å². The van der Waals surface area contributed by atoms with Gasteiger partial charge in [-0.15, -0.1) is 0 Å². The molecule has 2 fully saturated rings. The molecule has 2 saturated heterocycles. The van der Waals surface area contributed by atoms with E-state index in [1.54, 1.807) is 56.8 Å². The summed E-state index contributed by atoms with van der Waals surface area (Å²) in [7, 11) is 3.30. The van der Waals surface area contributed by atoms with Gasteiger partial charge in [0.1, 0.15) is 35.9 Å². The van der Waals surface area contributed by atoms with E-state index in [0.717, 1.165) is 0 Å². The number of halogens is 2. The van der Waals surface area contributed by atoms with Crippen molar-refractivity contribution in [2.75, 3.05) is 27.2 Å². The number of H-pyrrole nitrogens is 2. The summed E-state index contributed by atoms with van der Waals surface area (Å²) < 4.78 is 41.4. The summed E-state index contributed by atoms with van der Waals surface area (Å²) in [6.07, 6.45) is 0.971. The number of rotatable bonds is 18. The Labute approximate surface area is 377 Å². The summed E-state index contributed by atoms with van der Waals surface area (Å²) in [6.45, 7) is 9.88. The average molecular weight is 905 g/mol. The Morgan fingerprint density at radius 1 is 0.692 bits per heavy atom. The van der Waals surface area contributed by atoms with Crippen LogP contribution >= 0.6 is 0 Å². The van der Waals surface area contributed by atoms with Crippen molar-refractivity contribution in [3.05, 3.63) is 59.2 Å². The number of aromatic nitrogens is 2. The lowest BCUT2D eigenvalue weighted by Gasteiger charge is -2.30. The number of likely N-dealkylation sites (N-methyl/N-ethyl adjacent to an activating group) is 2. The van der Waals surface area contributed by atoms with E-state index in [1.165, 1.54) is 38.1 Å². The Balaban J connectivity index is 1.45. The molecule has 0 spiro atoms. The molecule has 2 aromatic heterocycles. The van der Waals surface area contributed by atoms with Gasteiger partial charge in [-0.25, -0.2) is 8.78 Å². The fourth-order valence-electron chi connectivity index (χ4n) is 9.23. The number of nitrogens with zero attached hydrogens (tertiary/aromatic N) is 2. The molecule has 65 heavy (non-hydrogen) atoms. The van der Waals surface area contributed by atoms with Crippen molar-refractivity contribution in [3.8, 4) is 11.4 Å². The van der Waals surface area contributed by atoms with Gasteiger partial charge in [-0.1, -0.05) is 20.3 Å². The number of carbonyl (C=O) groups is 6. The smallest absolute Gasteiger partial charge is 0.302 e. The third kappa shape index (κ3) is 11.0. The summed E-state index contributed by atoms with van der Waals surface area (Å²) in [5.74, 6) is -3.34. The van der Waals surface area contributed by atoms with Gasteiger partial charge in [0.05, 0.1) is 36.6 Å². The molecule has 0 bridgehead atoms. The molecule has 0 radical (unpaired) electrons. The van der Waals surface area contributed by atoms with Crippen LogP contribution in [0, 0.1) is 11.6 Å². The summed E-state index contributed by atoms with van der Waals surface area (Å²) >= 11 is 0. The van der Waals surface area contributed by atoms with Gasteiger partial charge in [0.2, 0.25) is 23.6 Å². The molecular formula is C47H62F2N8O8. The molecule has 2 aromatic carbocycles. The minimum absolute atomic E-state index is 0.0860. The van der Waals surface area contributed by atoms with Crippen molar-refractivity contribution >= 4 is 57.4 Å². The molecule has 4 heterocycles. The molecule has 18 heteroatoms. The summed E-state index contributed by atoms with van der Waals surface area (Å²) in [5.41, 5.74) is 3.38. The third-order valence-corrected chi connectivity index (χ3v) is 12.7. The first-order valence-corrected chi connectivity index (χ1v) is 22.5. The zero-order chi connectivity index (χ0) is 47.3. The number of hydrogen-bond donors (Lipinski definition) is 6. The summed E-state index contributed by atoms with van der Waals surface area (Å²) in [4.78, 5) is 89.6. The molecule has 6 rings (SSSR count). The Morgan fingerprint density at radius 2 is 1.11 bits per heavy atom. The summed E-state index contributed by atoms with van der Waals surface area (Å²) in [5, 5.41) is 12.9. The van der Waals surface area contributed by atoms with Crippen LogP contribution in [0.2, 0.25) is 0 Å². The van der Waals surface area contributed by atoms with Gasteiger partial charge in [0.25, 0.3) is 0 Å². The number of carbonyl (C=O) groups excluding carboxylic acids is 6. The van der Waals surface area contributed by atoms with Crippen molar-refractivity contribution in [1.82, 2.24) is 41.0 Å². The second kappa shape index (κ2) is 21.0. The Morgan fingerprint density at radius 3 is 1.49 bits per heavy atom. The molecule has 2 aliphatic heterocycles. The van der Waals surface area contributed by atoms with Crippen molar-refractivity contribution in [1.29, 1.82) is 0 Å². The quantitative estimate of drug-likeness (QED) is 0.0788. The summed E-state index contributed by atoms with van der Waals surface area (Å²) in [6, 6.07) is 4.81. The number of hydrogen-bond acceptors (Lipinski definition) is 10. The van der Waals surface area contributed by atoms with E-state index in [2.05, 4.69) is 31.2 Å². The topological polar surface area (TPSA) is 207 Å². The first kappa shape index (κ1) is 48.6. The molecule has 16 nitrogen and oxygen atoms in total. The van der Waals surface area contributed by atoms with Gasteiger partial charge < -0.3 is 50.5 Å². The van der Waals surface area contributed by atoms with Crippen LogP contribution in [0.15, 0.2) is 36.4 Å². The number of benzene rings is 2. The van der Waals surface area contributed by atoms with E-state index in [4.69, 9.17) is 9.47 Å². The van der Waals surface area contributed by atoms with Crippen LogP contribution in [0.5, 0.6) is 0 Å². The lowest BCUT2D eigenvalue weighted by Crippen LogP contribution is -2.53. The molecule has 0 unspecified atom stereocenters. The highest BCUT2D eigenvalue weighted by atomic mass is 19.1. The number of ether oxygens (including phenoxy) is 2. The zero-order valence-corrected chi connectivity index (χ0v) is 38.4. The third-order valence-electron chi connectivity index (χ3n) is 12.7. The first-order valence-electron chi connectivity index (χ1n) is 22.5. The van der Waals surface area contributed by atoms with Crippen LogP contribution in [0.25, 0.3) is 33.2 Å². The standard InChI is InChI=1S/C47H62F2N8O8/c1-9-11-39(55-45(61)25(4)51-8)47(63)57-23-33(65-27(6)59)19-31(57)21-37-35-15-13-29(49)17-41(35)53-43(37)42-36(34-14-12-28(48)16-40(34)52-42)20-30-18-32(64-26(5)58)22-56(30)46(62)38(10-2)54-44(60)24(3)50-7/h12-17,24-25,30-33,38-39,50-53H,9-11,18-23H2,1-8H3,(H,54,60)(H,55,61)/t24-,25-,30-,31-,32-,33-,38-,39-/m0/s1. The van der Waals surface area contributed by atoms with Gasteiger partial charge >= 0.3 is 11.9 Å². The first-order chi connectivity index (χ1) is 31.0. The predicted octanol–water partition coefficient (Wildman–Crippen LogP) is 4.14. The SMILES string of the molecule is CCC[C@H](NC(=O)[C@H](C)NC)C(=O)N1C[C@@H](OC(C)=O)C[C@H]1Cc1c(-c2[nH]c3cc(F)ccc3c2C[C@@H]2C[C@H](OC(C)=O)CN2C(=O)[C@H](CC)NC(=O)[C@H](C)NC)[nH]c2cc(F)ccc12. The number of esters is 2. The van der Waals surface area contributed by atoms with E-state index in [0.29, 0.717) is 63.6 Å². The second-order valence-corrected chi connectivity index (χ2v) is 17.3. The van der Waals surface area contributed by atoms with Crippen molar-refractivity contribution in [2.24, 2.45) is 0 Å². The normalized spacial score (nSPS) is 20.4. The van der Waals surface area contributed by atoms with Crippen LogP contribution in [0.4, 0.5) is 8.78 Å². The fraction of sp³-hybridized carbons (Fsp3) is 0.532. The van der Waals surface area contributed by atoms with Crippen LogP contribution < -0.4 is 21.3 Å². The van der Waals surface area contributed by atoms with E-state index < -0.39 is 72.0 Å². The zero-order valence-electron chi connectivity index (χ0n) is 38.4. The molecule has 2 aliphatic rings. The average Bonchev–Trinajstić information content (AvgIpc) is 4.03. The van der Waals surface area contributed by atoms with Crippen LogP contribution in [-0.2, 0) is 51.1 Å². The maximum atomic E-state index is 15.0. The van der Waals surface area contributed by atoms with E-state index in [9.17, 15) is 33.2 Å². The van der Waals surface area contributed by atoms with Crippen LogP contribution in [0.1, 0.15) is 84.8 Å². The maximum absolute atomic E-state index is 15.0. The number of aromatic amines is 2. The van der Waals surface area contributed by atoms with Crippen molar-refractivity contribution in [2.45, 2.75) is 135 Å². The number of nitrogens with one attached hydrogen (secondary N) is 6. The molecule has 4 aromatic rings. The van der Waals surface area contributed by atoms with Gasteiger partial charge in [0, 0.05) is 60.6 Å². The Kier molecular flexibility index (Phi) is 15.7. The van der Waals surface area contributed by atoms with Crippen LogP contribution in [-0.4, -0.2) is 131 Å². The number of fused-ring (bicyclic) bond motifs is 2. The van der Waals surface area contributed by atoms with Gasteiger partial charge in [-0.3, -0.25) is 28.8 Å². The minimum Gasteiger partial charge on any atom is -0.461 e. The molecule has 8 atom stereocenters. The van der Waals surface area contributed by atoms with Gasteiger partial charge in [0.15, 0.2) is 0 Å². The Bertz CT molecular complexity index is 2420. The second-order valence-electron chi connectivity index (χ2n) is 17.3. The molecular weight excluding hydrogens is 843 g/mol. The molecule has 352 valence electrons. The number of likely N-dealkylation sites (tertiary alicyclic amines) is 2. The highest BCUT2D eigenvalue weighted by molar-refractivity contribution is 5.97. The highest BCUT2D eigenvalue weighted by Crippen LogP contribution is 2.40. The van der Waals surface area contributed by atoms with E-state index in [-0.39, 0.29) is 62.4 Å². The van der Waals surface area contributed by atoms with E-state index in [1.807, 2.05) is 6.92 Å². The number of amides is 4. The van der Waals surface area contributed by atoms with Gasteiger partial charge in [-0.05, 0) is 101 Å². The van der Waals surface area contributed by atoms with Crippen molar-refractivity contribution < 1.29 is 47.0 Å². The maximum Gasteiger partial charge on any atom is 0.302 e. The molecule has 6 N–H and O–H groups in total. The molecule has 4 amide bonds. The molecule has 0 saturated carbocycles. The monoisotopic (exact) mass is 904 g/mol. The fourth-order valence-corrected chi connectivity index (χ4v) is 9.23. The highest BCUT2D eigenvalue weighted by Gasteiger charge is 2.43. The minimum atomic E-state index is -0.867. The Hall–Kier alpha value is -5.88. The predicted molar refractivity (Wildman–Crippen MR) is 240 cm³/mol. The van der Waals surface area contributed by atoms with E-state index >= 15 is 4.39 Å².